The van der Waals surface area contributed by atoms with Gasteiger partial charge in [-0.3, -0.25) is 0 Å². The fraction of sp³-hybridized carbons (Fsp3) is 0.333. The molecule has 1 aromatic heterocycles. The van der Waals surface area contributed by atoms with Crippen LogP contribution in [0.2, 0.25) is 0 Å². The van der Waals surface area contributed by atoms with Crippen molar-refractivity contribution in [3.8, 4) is 0 Å². The highest BCUT2D eigenvalue weighted by atomic mass is 16.5. The second-order valence-electron chi connectivity index (χ2n) is 3.52. The topological polar surface area (TPSA) is 34.4 Å². The second kappa shape index (κ2) is 4.47. The molecule has 3 heteroatoms. The lowest BCUT2D eigenvalue weighted by molar-refractivity contribution is 0.188. The first kappa shape index (κ1) is 10.2. The molecule has 15 heavy (non-hydrogen) atoms. The van der Waals surface area contributed by atoms with Gasteiger partial charge in [0.15, 0.2) is 0 Å². The number of nitrogens with zero attached hydrogens (tertiary/aromatic N) is 1. The van der Waals surface area contributed by atoms with Gasteiger partial charge in [-0.1, -0.05) is 18.2 Å². The Labute approximate surface area is 88.9 Å². The van der Waals surface area contributed by atoms with Crippen LogP contribution in [0.5, 0.6) is 0 Å². The van der Waals surface area contributed by atoms with Gasteiger partial charge < -0.3 is 14.4 Å². The minimum Gasteiger partial charge on any atom is -0.392 e. The van der Waals surface area contributed by atoms with Crippen LogP contribution in [0.25, 0.3) is 10.9 Å². The van der Waals surface area contributed by atoms with E-state index in [1.165, 1.54) is 0 Å². The van der Waals surface area contributed by atoms with Crippen molar-refractivity contribution in [2.24, 2.45) is 0 Å². The number of benzene rings is 1. The molecule has 2 rings (SSSR count). The fourth-order valence-electron chi connectivity index (χ4n) is 1.82. The molecule has 80 valence electrons. The summed E-state index contributed by atoms with van der Waals surface area (Å²) in [5.74, 6) is 0. The highest BCUT2D eigenvalue weighted by Crippen LogP contribution is 2.20. The van der Waals surface area contributed by atoms with Crippen molar-refractivity contribution in [3.63, 3.8) is 0 Å². The van der Waals surface area contributed by atoms with E-state index >= 15 is 0 Å². The number of aliphatic hydroxyl groups excluding tert-OH is 1. The molecule has 2 aromatic rings. The lowest BCUT2D eigenvalue weighted by atomic mass is 10.2. The molecule has 0 aliphatic heterocycles. The number of aliphatic hydroxyl groups is 1. The molecule has 0 aliphatic rings. The molecule has 0 saturated carbocycles. The van der Waals surface area contributed by atoms with E-state index in [0.717, 1.165) is 23.0 Å². The number of hydrogen-bond acceptors (Lipinski definition) is 2. The van der Waals surface area contributed by atoms with Gasteiger partial charge in [-0.05, 0) is 6.07 Å². The first-order valence-electron chi connectivity index (χ1n) is 5.03. The summed E-state index contributed by atoms with van der Waals surface area (Å²) in [5, 5.41) is 10.4. The predicted octanol–water partition coefficient (Wildman–Crippen LogP) is 1.78. The summed E-state index contributed by atoms with van der Waals surface area (Å²) < 4.78 is 7.17. The Balaban J connectivity index is 2.45. The Morgan fingerprint density at radius 2 is 2.13 bits per heavy atom. The van der Waals surface area contributed by atoms with Gasteiger partial charge >= 0.3 is 0 Å². The van der Waals surface area contributed by atoms with Crippen molar-refractivity contribution in [2.45, 2.75) is 13.2 Å². The number of ether oxygens (including phenoxy) is 1. The van der Waals surface area contributed by atoms with Gasteiger partial charge in [0.05, 0.1) is 13.2 Å². The first-order valence-corrected chi connectivity index (χ1v) is 5.03. The Hall–Kier alpha value is -1.32. The summed E-state index contributed by atoms with van der Waals surface area (Å²) in [5.41, 5.74) is 2.13. The predicted molar refractivity (Wildman–Crippen MR) is 59.7 cm³/mol. The van der Waals surface area contributed by atoms with Gasteiger partial charge in [0, 0.05) is 36.3 Å². The maximum absolute atomic E-state index is 9.23. The van der Waals surface area contributed by atoms with Gasteiger partial charge in [0.2, 0.25) is 0 Å². The van der Waals surface area contributed by atoms with E-state index in [2.05, 4.69) is 10.6 Å². The Morgan fingerprint density at radius 1 is 1.33 bits per heavy atom. The van der Waals surface area contributed by atoms with E-state index in [1.54, 1.807) is 7.11 Å². The molecule has 0 spiro atoms. The zero-order valence-corrected chi connectivity index (χ0v) is 8.81. The molecule has 0 radical (unpaired) electrons. The highest BCUT2D eigenvalue weighted by Gasteiger charge is 2.06. The number of rotatable bonds is 4. The van der Waals surface area contributed by atoms with Crippen molar-refractivity contribution in [1.82, 2.24) is 4.57 Å². The maximum Gasteiger partial charge on any atom is 0.0702 e. The molecule has 0 bridgehead atoms. The maximum atomic E-state index is 9.23. The molecular formula is C12H15NO2. The van der Waals surface area contributed by atoms with Crippen LogP contribution in [-0.2, 0) is 17.9 Å². The number of methoxy groups -OCH3 is 1. The van der Waals surface area contributed by atoms with Crippen LogP contribution in [0.15, 0.2) is 30.5 Å². The first-order chi connectivity index (χ1) is 7.36. The van der Waals surface area contributed by atoms with E-state index in [9.17, 15) is 5.11 Å². The Morgan fingerprint density at radius 3 is 2.87 bits per heavy atom. The zero-order valence-electron chi connectivity index (χ0n) is 8.81. The van der Waals surface area contributed by atoms with Gasteiger partial charge in [-0.2, -0.15) is 0 Å². The molecule has 1 aromatic carbocycles. The smallest absolute Gasteiger partial charge is 0.0702 e. The van der Waals surface area contributed by atoms with E-state index in [4.69, 9.17) is 4.74 Å². The van der Waals surface area contributed by atoms with Gasteiger partial charge in [0.25, 0.3) is 0 Å². The van der Waals surface area contributed by atoms with Crippen molar-refractivity contribution in [3.05, 3.63) is 36.0 Å². The lowest BCUT2D eigenvalue weighted by Crippen LogP contribution is -2.02. The number of para-hydroxylation sites is 1. The van der Waals surface area contributed by atoms with Gasteiger partial charge in [-0.15, -0.1) is 0 Å². The molecule has 0 unspecified atom stereocenters. The average Bonchev–Trinajstić information content (AvgIpc) is 2.65. The lowest BCUT2D eigenvalue weighted by Gasteiger charge is -2.03. The summed E-state index contributed by atoms with van der Waals surface area (Å²) in [6, 6.07) is 8.09. The number of fused-ring (bicyclic) bond motifs is 1. The van der Waals surface area contributed by atoms with Crippen LogP contribution in [0.3, 0.4) is 0 Å². The summed E-state index contributed by atoms with van der Waals surface area (Å²) >= 11 is 0. The largest absolute Gasteiger partial charge is 0.392 e. The summed E-state index contributed by atoms with van der Waals surface area (Å²) in [4.78, 5) is 0. The van der Waals surface area contributed by atoms with Crippen LogP contribution >= 0.6 is 0 Å². The minimum atomic E-state index is 0.0838. The van der Waals surface area contributed by atoms with E-state index < -0.39 is 0 Å². The number of aromatic nitrogens is 1. The quantitative estimate of drug-likeness (QED) is 0.825. The summed E-state index contributed by atoms with van der Waals surface area (Å²) in [6.07, 6.45) is 1.99. The summed E-state index contributed by atoms with van der Waals surface area (Å²) in [6.45, 7) is 1.58. The molecule has 3 nitrogen and oxygen atoms in total. The van der Waals surface area contributed by atoms with E-state index in [0.29, 0.717) is 6.61 Å². The van der Waals surface area contributed by atoms with E-state index in [-0.39, 0.29) is 6.61 Å². The number of hydrogen-bond donors (Lipinski definition) is 1. The van der Waals surface area contributed by atoms with Crippen molar-refractivity contribution < 1.29 is 9.84 Å². The third-order valence-corrected chi connectivity index (χ3v) is 2.58. The monoisotopic (exact) mass is 205 g/mol. The van der Waals surface area contributed by atoms with Crippen LogP contribution in [0, 0.1) is 0 Å². The molecule has 0 atom stereocenters. The molecule has 0 fully saturated rings. The third-order valence-electron chi connectivity index (χ3n) is 2.58. The molecule has 1 heterocycles. The average molecular weight is 205 g/mol. The van der Waals surface area contributed by atoms with Crippen LogP contribution in [0.4, 0.5) is 0 Å². The van der Waals surface area contributed by atoms with Crippen LogP contribution in [0.1, 0.15) is 5.56 Å². The van der Waals surface area contributed by atoms with Crippen molar-refractivity contribution in [2.75, 3.05) is 13.7 Å². The summed E-state index contributed by atoms with van der Waals surface area (Å²) in [7, 11) is 1.69. The highest BCUT2D eigenvalue weighted by molar-refractivity contribution is 5.83. The van der Waals surface area contributed by atoms with Crippen molar-refractivity contribution in [1.29, 1.82) is 0 Å². The zero-order chi connectivity index (χ0) is 10.7. The molecule has 0 amide bonds. The standard InChI is InChI=1S/C12H15NO2/c1-15-7-6-13-8-10(9-14)11-4-2-3-5-12(11)13/h2-5,8,14H,6-7,9H2,1H3. The molecule has 1 N–H and O–H groups in total. The third kappa shape index (κ3) is 1.89. The SMILES string of the molecule is COCCn1cc(CO)c2ccccc21. The van der Waals surface area contributed by atoms with Crippen molar-refractivity contribution >= 4 is 10.9 Å². The van der Waals surface area contributed by atoms with Gasteiger partial charge in [0.1, 0.15) is 0 Å². The Bertz CT molecular complexity index is 448. The van der Waals surface area contributed by atoms with Crippen LogP contribution < -0.4 is 0 Å². The van der Waals surface area contributed by atoms with Crippen LogP contribution in [-0.4, -0.2) is 23.4 Å². The Kier molecular flexibility index (Phi) is 3.04. The molecular weight excluding hydrogens is 190 g/mol. The normalized spacial score (nSPS) is 11.1. The minimum absolute atomic E-state index is 0.0838. The second-order valence-corrected chi connectivity index (χ2v) is 3.52. The fourth-order valence-corrected chi connectivity index (χ4v) is 1.82. The van der Waals surface area contributed by atoms with Gasteiger partial charge in [-0.25, -0.2) is 0 Å². The molecule has 0 saturated heterocycles. The van der Waals surface area contributed by atoms with E-state index in [1.807, 2.05) is 24.4 Å². The molecule has 0 aliphatic carbocycles.